The number of rotatable bonds is 0. The highest BCUT2D eigenvalue weighted by molar-refractivity contribution is 5.92. The molecule has 0 atom stereocenters. The molecule has 0 spiro atoms. The molecule has 15 rings (SSSR count). The first-order chi connectivity index (χ1) is 26.3. The Kier molecular flexibility index (Phi) is 17.0. The first kappa shape index (κ1) is 42.5. The van der Waals surface area contributed by atoms with Gasteiger partial charge < -0.3 is 18.9 Å². The molecule has 0 aromatic rings. The molecule has 54 heavy (non-hydrogen) atoms. The van der Waals surface area contributed by atoms with Crippen LogP contribution in [0.1, 0.15) is 193 Å². The van der Waals surface area contributed by atoms with Gasteiger partial charge in [0.1, 0.15) is 0 Å². The maximum absolute atomic E-state index is 12.7. The quantitative estimate of drug-likeness (QED) is 0.137. The number of carbonyl (C=O) groups is 4. The van der Waals surface area contributed by atoms with Crippen LogP contribution in [0.15, 0.2) is 24.3 Å². The molecule has 0 unspecified atom stereocenters. The van der Waals surface area contributed by atoms with Gasteiger partial charge in [0.25, 0.3) is 0 Å². The van der Waals surface area contributed by atoms with Gasteiger partial charge in [0.2, 0.25) is 0 Å². The Labute approximate surface area is 326 Å². The molecule has 0 radical (unpaired) electrons. The Hall–Kier alpha value is -2.64. The van der Waals surface area contributed by atoms with Gasteiger partial charge in [-0.05, 0) is 116 Å². The van der Waals surface area contributed by atoms with Gasteiger partial charge in [-0.25, -0.2) is 0 Å². The van der Waals surface area contributed by atoms with Gasteiger partial charge in [-0.3, -0.25) is 19.2 Å². The van der Waals surface area contributed by atoms with Crippen molar-refractivity contribution >= 4 is 23.9 Å². The van der Waals surface area contributed by atoms with Gasteiger partial charge in [0.05, 0.1) is 48.1 Å². The number of hydrogen-bond acceptors (Lipinski definition) is 8. The van der Waals surface area contributed by atoms with Gasteiger partial charge in [-0.2, -0.15) is 0 Å². The summed E-state index contributed by atoms with van der Waals surface area (Å²) in [7, 11) is 0. The SMILES string of the molecule is O=C1OCCCCCCC/C=C/CCCCCCCOC(=O)C23CC(C2)(C3)C(=O)OCCCCCCC/C=C/CCCCCCCOC(=O)C23CC1(C2)C3. The number of allylic oxidation sites excluding steroid dienone is 4. The molecular weight excluding hydrogens is 680 g/mol. The van der Waals surface area contributed by atoms with E-state index >= 15 is 0 Å². The Morgan fingerprint density at radius 1 is 0.278 bits per heavy atom. The van der Waals surface area contributed by atoms with E-state index in [1.54, 1.807) is 0 Å². The summed E-state index contributed by atoms with van der Waals surface area (Å²) in [5.41, 5.74) is -1.67. The Morgan fingerprint density at radius 3 is 0.685 bits per heavy atom. The normalized spacial score (nSPS) is 35.7. The fourth-order valence-corrected chi connectivity index (χ4v) is 9.76. The van der Waals surface area contributed by atoms with E-state index in [1.165, 1.54) is 51.4 Å². The van der Waals surface area contributed by atoms with Crippen molar-refractivity contribution in [3.05, 3.63) is 24.3 Å². The monoisotopic (exact) mass is 753 g/mol. The van der Waals surface area contributed by atoms with Crippen LogP contribution < -0.4 is 0 Å². The van der Waals surface area contributed by atoms with Crippen LogP contribution in [0.4, 0.5) is 0 Å². The minimum Gasteiger partial charge on any atom is -0.465 e. The summed E-state index contributed by atoms with van der Waals surface area (Å²) in [4.78, 5) is 50.8. The highest BCUT2D eigenvalue weighted by Crippen LogP contribution is 2.75. The smallest absolute Gasteiger partial charge is 0.312 e. The number of hydrogen-bond donors (Lipinski definition) is 0. The van der Waals surface area contributed by atoms with Crippen LogP contribution in [-0.4, -0.2) is 50.3 Å². The summed E-state index contributed by atoms with van der Waals surface area (Å²) in [6.07, 6.45) is 39.5. The van der Waals surface area contributed by atoms with Crippen molar-refractivity contribution in [1.82, 2.24) is 0 Å². The first-order valence-corrected chi connectivity index (χ1v) is 22.3. The largest absolute Gasteiger partial charge is 0.465 e. The van der Waals surface area contributed by atoms with Gasteiger partial charge in [0, 0.05) is 0 Å². The Morgan fingerprint density at radius 2 is 0.463 bits per heavy atom. The summed E-state index contributed by atoms with van der Waals surface area (Å²) in [5, 5.41) is 0. The van der Waals surface area contributed by atoms with Crippen LogP contribution in [0.2, 0.25) is 0 Å². The molecule has 0 N–H and O–H groups in total. The number of carbonyl (C=O) groups excluding carboxylic acids is 4. The third kappa shape index (κ3) is 11.7. The highest BCUT2D eigenvalue weighted by Gasteiger charge is 2.77. The van der Waals surface area contributed by atoms with Gasteiger partial charge in [-0.1, -0.05) is 101 Å². The summed E-state index contributed by atoms with van der Waals surface area (Å²) in [5.74, 6) is -0.414. The van der Waals surface area contributed by atoms with E-state index in [1.807, 2.05) is 0 Å². The van der Waals surface area contributed by atoms with E-state index < -0.39 is 21.7 Å². The van der Waals surface area contributed by atoms with E-state index in [9.17, 15) is 19.2 Å². The van der Waals surface area contributed by atoms with Gasteiger partial charge in [-0.15, -0.1) is 0 Å². The van der Waals surface area contributed by atoms with Crippen molar-refractivity contribution in [3.63, 3.8) is 0 Å². The first-order valence-electron chi connectivity index (χ1n) is 22.3. The minimum atomic E-state index is -0.417. The zero-order valence-corrected chi connectivity index (χ0v) is 33.6. The predicted octanol–water partition coefficient (Wildman–Crippen LogP) is 11.0. The molecule has 8 heteroatoms. The molecule has 0 aromatic heterocycles. The van der Waals surface area contributed by atoms with Crippen molar-refractivity contribution < 1.29 is 38.1 Å². The van der Waals surface area contributed by atoms with Crippen LogP contribution >= 0.6 is 0 Å². The lowest BCUT2D eigenvalue weighted by Gasteiger charge is -2.66. The molecule has 304 valence electrons. The summed E-state index contributed by atoms with van der Waals surface area (Å²) in [6, 6.07) is 0. The molecular formula is C46H72O8. The van der Waals surface area contributed by atoms with E-state index in [-0.39, 0.29) is 23.9 Å². The highest BCUT2D eigenvalue weighted by atomic mass is 16.5. The van der Waals surface area contributed by atoms with Crippen molar-refractivity contribution in [3.8, 4) is 0 Å². The molecule has 15 aliphatic rings. The maximum atomic E-state index is 12.7. The predicted molar refractivity (Wildman–Crippen MR) is 210 cm³/mol. The maximum Gasteiger partial charge on any atom is 0.312 e. The third-order valence-corrected chi connectivity index (χ3v) is 13.1. The van der Waals surface area contributed by atoms with E-state index in [0.29, 0.717) is 65.0 Å². The number of ether oxygens (including phenoxy) is 4. The molecule has 6 fully saturated rings. The lowest BCUT2D eigenvalue weighted by molar-refractivity contribution is -0.237. The van der Waals surface area contributed by atoms with Gasteiger partial charge >= 0.3 is 23.9 Å². The minimum absolute atomic E-state index is 0.104. The van der Waals surface area contributed by atoms with Crippen LogP contribution in [0, 0.1) is 21.7 Å². The summed E-state index contributed by atoms with van der Waals surface area (Å²) < 4.78 is 22.5. The average Bonchev–Trinajstić information content (AvgIpc) is 3.07. The van der Waals surface area contributed by atoms with Crippen LogP contribution in [0.25, 0.3) is 0 Å². The van der Waals surface area contributed by atoms with Crippen LogP contribution in [-0.2, 0) is 38.1 Å². The topological polar surface area (TPSA) is 105 Å². The zero-order chi connectivity index (χ0) is 38.0. The molecule has 6 aliphatic carbocycles. The standard InChI is InChI=1S/C46H72O8/c47-39-43-33-45(34-43,35-43)41(49)53-31-27-23-19-15-11-7-3-4-8-12-16-20-24-28-32-54-42(50)46-36-44(37-46,38-46)40(48)52-30-26-22-18-14-10-6-2-1-5-9-13-17-21-25-29-51-39/h1-4H,5-38H2/b2-1+,4-3+. The molecule has 9 heterocycles. The molecule has 0 saturated heterocycles. The second-order valence-corrected chi connectivity index (χ2v) is 17.9. The second kappa shape index (κ2) is 21.6. The molecule has 6 saturated carbocycles. The van der Waals surface area contributed by atoms with Gasteiger partial charge in [0.15, 0.2) is 0 Å². The van der Waals surface area contributed by atoms with Crippen molar-refractivity contribution in [1.29, 1.82) is 0 Å². The summed E-state index contributed by atoms with van der Waals surface area (Å²) in [6.45, 7) is 1.94. The summed E-state index contributed by atoms with van der Waals surface area (Å²) >= 11 is 0. The van der Waals surface area contributed by atoms with Crippen LogP contribution in [0.5, 0.6) is 0 Å². The average molecular weight is 753 g/mol. The molecule has 0 amide bonds. The van der Waals surface area contributed by atoms with Crippen LogP contribution in [0.3, 0.4) is 0 Å². The van der Waals surface area contributed by atoms with Crippen molar-refractivity contribution in [2.24, 2.45) is 21.7 Å². The van der Waals surface area contributed by atoms with E-state index in [0.717, 1.165) is 103 Å². The molecule has 0 aromatic carbocycles. The molecule has 9 aliphatic heterocycles. The fraction of sp³-hybridized carbons (Fsp3) is 0.826. The number of esters is 4. The Balaban J connectivity index is 0.918. The lowest BCUT2D eigenvalue weighted by Crippen LogP contribution is -2.69. The second-order valence-electron chi connectivity index (χ2n) is 17.9. The Bertz CT molecular complexity index is 1040. The zero-order valence-electron chi connectivity index (χ0n) is 33.6. The van der Waals surface area contributed by atoms with E-state index in [4.69, 9.17) is 18.9 Å². The van der Waals surface area contributed by atoms with Crippen molar-refractivity contribution in [2.75, 3.05) is 26.4 Å². The molecule has 8 nitrogen and oxygen atoms in total. The third-order valence-electron chi connectivity index (χ3n) is 13.1. The van der Waals surface area contributed by atoms with E-state index in [2.05, 4.69) is 24.3 Å². The lowest BCUT2D eigenvalue weighted by atomic mass is 9.35. The molecule has 4 bridgehead atoms. The van der Waals surface area contributed by atoms with Crippen molar-refractivity contribution in [2.45, 2.75) is 193 Å². The fourth-order valence-electron chi connectivity index (χ4n) is 9.76.